The molecule has 1 atom stereocenters. The van der Waals surface area contributed by atoms with Crippen molar-refractivity contribution in [1.82, 2.24) is 9.97 Å². The Morgan fingerprint density at radius 1 is 1.14 bits per heavy atom. The van der Waals surface area contributed by atoms with Gasteiger partial charge in [-0.1, -0.05) is 88.1 Å². The smallest absolute Gasteiger partial charge is 0.138 e. The number of thiophene rings is 1. The fourth-order valence-electron chi connectivity index (χ4n) is 2.19. The number of hydrogen-bond donors (Lipinski definition) is 1. The predicted octanol–water partition coefficient (Wildman–Crippen LogP) is 8.08. The standard InChI is InChI=1S/C17H14Cl2N2OS2.C3H8.C2H6/c1-2-10-4-3-5-11(6-10)23-14-7-13(24-17(14)19)15(22)12-8-20-9-21-16(12)18;1-3-2;1-2/h3-9,15,22H,2H2,1H3;3H2,1-2H3;1-2H3. The molecule has 2 aromatic heterocycles. The molecule has 1 aromatic carbocycles. The van der Waals surface area contributed by atoms with Crippen molar-refractivity contribution < 1.29 is 5.11 Å². The number of halogens is 2. The molecule has 7 heteroatoms. The highest BCUT2D eigenvalue weighted by Gasteiger charge is 2.20. The molecule has 1 unspecified atom stereocenters. The van der Waals surface area contributed by atoms with E-state index in [4.69, 9.17) is 23.2 Å². The molecule has 0 radical (unpaired) electrons. The fraction of sp³-hybridized carbons (Fsp3) is 0.364. The molecule has 0 fully saturated rings. The number of aliphatic hydroxyl groups excluding tert-OH is 1. The van der Waals surface area contributed by atoms with Crippen molar-refractivity contribution in [3.63, 3.8) is 0 Å². The molecule has 29 heavy (non-hydrogen) atoms. The third-order valence-corrected chi connectivity index (χ3v) is 6.46. The summed E-state index contributed by atoms with van der Waals surface area (Å²) >= 11 is 15.3. The summed E-state index contributed by atoms with van der Waals surface area (Å²) in [6.07, 6.45) is 4.22. The summed E-state index contributed by atoms with van der Waals surface area (Å²) in [6.45, 7) is 10.4. The molecule has 3 rings (SSSR count). The number of aryl methyl sites for hydroxylation is 1. The number of benzene rings is 1. The van der Waals surface area contributed by atoms with Crippen molar-refractivity contribution in [3.8, 4) is 0 Å². The summed E-state index contributed by atoms with van der Waals surface area (Å²) in [5.74, 6) is 0. The van der Waals surface area contributed by atoms with Crippen molar-refractivity contribution in [1.29, 1.82) is 0 Å². The third-order valence-electron chi connectivity index (χ3n) is 3.46. The Bertz CT molecular complexity index is 872. The van der Waals surface area contributed by atoms with Crippen LogP contribution in [0.5, 0.6) is 0 Å². The molecule has 0 aliphatic heterocycles. The first kappa shape index (κ1) is 25.9. The van der Waals surface area contributed by atoms with Gasteiger partial charge in [-0.05, 0) is 30.2 Å². The highest BCUT2D eigenvalue weighted by Crippen LogP contribution is 2.42. The lowest BCUT2D eigenvalue weighted by atomic mass is 10.1. The molecule has 0 saturated carbocycles. The average Bonchev–Trinajstić information content (AvgIpc) is 3.10. The van der Waals surface area contributed by atoms with Gasteiger partial charge in [-0.15, -0.1) is 11.3 Å². The molecular formula is C22H28Cl2N2OS2. The quantitative estimate of drug-likeness (QED) is 0.382. The number of rotatable bonds is 5. The van der Waals surface area contributed by atoms with Crippen molar-refractivity contribution in [2.24, 2.45) is 0 Å². The lowest BCUT2D eigenvalue weighted by Crippen LogP contribution is -2.00. The maximum Gasteiger partial charge on any atom is 0.138 e. The van der Waals surface area contributed by atoms with Crippen LogP contribution in [0.15, 0.2) is 52.6 Å². The first-order chi connectivity index (χ1) is 14.0. The van der Waals surface area contributed by atoms with Crippen LogP contribution >= 0.6 is 46.3 Å². The van der Waals surface area contributed by atoms with Crippen LogP contribution in [-0.4, -0.2) is 15.1 Å². The molecule has 0 aliphatic carbocycles. The maximum absolute atomic E-state index is 10.5. The lowest BCUT2D eigenvalue weighted by Gasteiger charge is -2.08. The Hall–Kier alpha value is -1.11. The molecule has 0 aliphatic rings. The SMILES string of the molecule is CC.CCC.CCc1cccc(Sc2cc(C(O)c3cncnc3Cl)sc2Cl)c1. The van der Waals surface area contributed by atoms with Gasteiger partial charge >= 0.3 is 0 Å². The zero-order chi connectivity index (χ0) is 21.8. The van der Waals surface area contributed by atoms with Crippen LogP contribution in [0.4, 0.5) is 0 Å². The Morgan fingerprint density at radius 3 is 2.45 bits per heavy atom. The second kappa shape index (κ2) is 14.0. The van der Waals surface area contributed by atoms with Crippen LogP contribution in [0, 0.1) is 0 Å². The molecule has 158 valence electrons. The van der Waals surface area contributed by atoms with Crippen molar-refractivity contribution in [3.05, 3.63) is 68.3 Å². The second-order valence-corrected chi connectivity index (χ2v) is 8.93. The van der Waals surface area contributed by atoms with E-state index >= 15 is 0 Å². The zero-order valence-electron chi connectivity index (χ0n) is 17.4. The van der Waals surface area contributed by atoms with E-state index in [2.05, 4.69) is 48.9 Å². The Kier molecular flexibility index (Phi) is 12.5. The van der Waals surface area contributed by atoms with Crippen LogP contribution in [0.1, 0.15) is 63.1 Å². The lowest BCUT2D eigenvalue weighted by molar-refractivity contribution is 0.223. The van der Waals surface area contributed by atoms with Gasteiger partial charge in [-0.2, -0.15) is 0 Å². The molecule has 0 spiro atoms. The maximum atomic E-state index is 10.5. The molecule has 0 bridgehead atoms. The first-order valence-electron chi connectivity index (χ1n) is 9.69. The molecular weight excluding hydrogens is 443 g/mol. The van der Waals surface area contributed by atoms with E-state index in [1.807, 2.05) is 26.0 Å². The second-order valence-electron chi connectivity index (χ2n) is 5.77. The zero-order valence-corrected chi connectivity index (χ0v) is 20.6. The normalized spacial score (nSPS) is 11.0. The third kappa shape index (κ3) is 7.91. The minimum absolute atomic E-state index is 0.242. The summed E-state index contributed by atoms with van der Waals surface area (Å²) in [6, 6.07) is 10.2. The van der Waals surface area contributed by atoms with E-state index in [0.29, 0.717) is 14.8 Å². The Balaban J connectivity index is 0.000000771. The van der Waals surface area contributed by atoms with Gasteiger partial charge in [-0.3, -0.25) is 0 Å². The number of nitrogens with zero attached hydrogens (tertiary/aromatic N) is 2. The minimum Gasteiger partial charge on any atom is -0.383 e. The van der Waals surface area contributed by atoms with Gasteiger partial charge in [0.05, 0.1) is 0 Å². The first-order valence-corrected chi connectivity index (χ1v) is 12.1. The van der Waals surface area contributed by atoms with Crippen LogP contribution in [0.2, 0.25) is 9.49 Å². The van der Waals surface area contributed by atoms with E-state index in [-0.39, 0.29) is 5.15 Å². The van der Waals surface area contributed by atoms with Gasteiger partial charge in [0.15, 0.2) is 0 Å². The predicted molar refractivity (Wildman–Crippen MR) is 128 cm³/mol. The molecule has 3 nitrogen and oxygen atoms in total. The summed E-state index contributed by atoms with van der Waals surface area (Å²) < 4.78 is 0.643. The Labute approximate surface area is 192 Å². The number of hydrogen-bond acceptors (Lipinski definition) is 5. The van der Waals surface area contributed by atoms with E-state index < -0.39 is 6.10 Å². The number of aliphatic hydroxyl groups is 1. The van der Waals surface area contributed by atoms with Crippen molar-refractivity contribution >= 4 is 46.3 Å². The van der Waals surface area contributed by atoms with E-state index in [0.717, 1.165) is 16.2 Å². The minimum atomic E-state index is -0.891. The van der Waals surface area contributed by atoms with Gasteiger partial charge < -0.3 is 5.11 Å². The molecule has 3 aromatic rings. The monoisotopic (exact) mass is 470 g/mol. The van der Waals surface area contributed by atoms with Crippen LogP contribution in [-0.2, 0) is 6.42 Å². The topological polar surface area (TPSA) is 46.0 Å². The molecule has 0 amide bonds. The Morgan fingerprint density at radius 2 is 1.83 bits per heavy atom. The van der Waals surface area contributed by atoms with Crippen LogP contribution in [0.25, 0.3) is 0 Å². The summed E-state index contributed by atoms with van der Waals surface area (Å²) in [4.78, 5) is 10.6. The van der Waals surface area contributed by atoms with Gasteiger partial charge in [-0.25, -0.2) is 9.97 Å². The average molecular weight is 472 g/mol. The van der Waals surface area contributed by atoms with Gasteiger partial charge in [0.25, 0.3) is 0 Å². The van der Waals surface area contributed by atoms with Gasteiger partial charge in [0.2, 0.25) is 0 Å². The summed E-state index contributed by atoms with van der Waals surface area (Å²) in [5, 5.41) is 10.8. The van der Waals surface area contributed by atoms with Crippen molar-refractivity contribution in [2.75, 3.05) is 0 Å². The van der Waals surface area contributed by atoms with Crippen molar-refractivity contribution in [2.45, 2.75) is 63.4 Å². The summed E-state index contributed by atoms with van der Waals surface area (Å²) in [5.41, 5.74) is 1.75. The molecule has 2 heterocycles. The fourth-order valence-corrected chi connectivity index (χ4v) is 4.81. The highest BCUT2D eigenvalue weighted by atomic mass is 35.5. The van der Waals surface area contributed by atoms with E-state index in [1.54, 1.807) is 11.8 Å². The van der Waals surface area contributed by atoms with Gasteiger partial charge in [0.1, 0.15) is 21.9 Å². The van der Waals surface area contributed by atoms with E-state index in [9.17, 15) is 5.11 Å². The molecule has 1 N–H and O–H groups in total. The van der Waals surface area contributed by atoms with Crippen LogP contribution in [0.3, 0.4) is 0 Å². The molecule has 0 saturated heterocycles. The van der Waals surface area contributed by atoms with Crippen LogP contribution < -0.4 is 0 Å². The summed E-state index contributed by atoms with van der Waals surface area (Å²) in [7, 11) is 0. The highest BCUT2D eigenvalue weighted by molar-refractivity contribution is 7.99. The van der Waals surface area contributed by atoms with Gasteiger partial charge in [0, 0.05) is 26.4 Å². The van der Waals surface area contributed by atoms with E-state index in [1.165, 1.54) is 35.8 Å². The number of aromatic nitrogens is 2. The largest absolute Gasteiger partial charge is 0.383 e.